The molecule has 0 heterocycles. The van der Waals surface area contributed by atoms with Crippen molar-refractivity contribution in [1.82, 2.24) is 0 Å². The van der Waals surface area contributed by atoms with Gasteiger partial charge >= 0.3 is 7.32 Å². The maximum absolute atomic E-state index is 8.74. The van der Waals surface area contributed by atoms with E-state index in [1.165, 1.54) is 32.1 Å². The van der Waals surface area contributed by atoms with Crippen molar-refractivity contribution in [3.8, 4) is 11.5 Å². The van der Waals surface area contributed by atoms with Crippen molar-refractivity contribution in [2.45, 2.75) is 38.5 Å². The van der Waals surface area contributed by atoms with Crippen LogP contribution in [0.4, 0.5) is 0 Å². The summed E-state index contributed by atoms with van der Waals surface area (Å²) < 4.78 is 10.5. The summed E-state index contributed by atoms with van der Waals surface area (Å²) in [6, 6.07) is 6.94. The van der Waals surface area contributed by atoms with Crippen LogP contribution in [-0.4, -0.2) is 24.0 Å². The van der Waals surface area contributed by atoms with Gasteiger partial charge in [0.2, 0.25) is 0 Å². The minimum Gasteiger partial charge on any atom is -0.512 e. The molecule has 4 nitrogen and oxygen atoms in total. The third-order valence-corrected chi connectivity index (χ3v) is 3.57. The third kappa shape index (κ3) is 5.13. The Labute approximate surface area is 114 Å². The average Bonchev–Trinajstić information content (AvgIpc) is 2.40. The van der Waals surface area contributed by atoms with Crippen molar-refractivity contribution >= 4 is 7.32 Å². The van der Waals surface area contributed by atoms with Crippen LogP contribution in [0.2, 0.25) is 0 Å². The van der Waals surface area contributed by atoms with Crippen LogP contribution in [0.1, 0.15) is 38.5 Å². The lowest BCUT2D eigenvalue weighted by Crippen LogP contribution is -2.20. The molecule has 19 heavy (non-hydrogen) atoms. The zero-order chi connectivity index (χ0) is 13.5. The molecule has 0 spiro atoms. The Morgan fingerprint density at radius 2 is 1.84 bits per heavy atom. The van der Waals surface area contributed by atoms with E-state index in [-0.39, 0.29) is 0 Å². The van der Waals surface area contributed by atoms with Crippen LogP contribution >= 0.6 is 0 Å². The van der Waals surface area contributed by atoms with Gasteiger partial charge in [0.25, 0.3) is 0 Å². The fraction of sp³-hybridized carbons (Fsp3) is 0.571. The van der Waals surface area contributed by atoms with Crippen molar-refractivity contribution in [3.05, 3.63) is 24.3 Å². The largest absolute Gasteiger partial charge is 0.707 e. The van der Waals surface area contributed by atoms with Crippen molar-refractivity contribution in [2.24, 2.45) is 5.92 Å². The van der Waals surface area contributed by atoms with Gasteiger partial charge in [-0.3, -0.25) is 0 Å². The highest BCUT2D eigenvalue weighted by atomic mass is 16.6. The monoisotopic (exact) mass is 264 g/mol. The van der Waals surface area contributed by atoms with E-state index >= 15 is 0 Å². The van der Waals surface area contributed by atoms with E-state index < -0.39 is 7.32 Å². The summed E-state index contributed by atoms with van der Waals surface area (Å²) in [5, 5.41) is 17.5. The first-order chi connectivity index (χ1) is 9.24. The van der Waals surface area contributed by atoms with Gasteiger partial charge in [0.1, 0.15) is 11.5 Å². The lowest BCUT2D eigenvalue weighted by molar-refractivity contribution is 0.245. The summed E-state index contributed by atoms with van der Waals surface area (Å²) in [6.07, 6.45) is 7.81. The van der Waals surface area contributed by atoms with Gasteiger partial charge in [-0.1, -0.05) is 38.2 Å². The normalized spacial score (nSPS) is 16.1. The van der Waals surface area contributed by atoms with E-state index in [9.17, 15) is 0 Å². The van der Waals surface area contributed by atoms with E-state index in [4.69, 9.17) is 19.4 Å². The Morgan fingerprint density at radius 1 is 1.11 bits per heavy atom. The molecule has 0 aromatic heterocycles. The van der Waals surface area contributed by atoms with E-state index in [0.29, 0.717) is 18.1 Å². The Hall–Kier alpha value is -1.20. The molecular formula is C14H21BO4. The average molecular weight is 264 g/mol. The summed E-state index contributed by atoms with van der Waals surface area (Å²) in [5.41, 5.74) is 0. The number of hydrogen-bond acceptors (Lipinski definition) is 4. The first kappa shape index (κ1) is 14.2. The zero-order valence-electron chi connectivity index (χ0n) is 11.1. The van der Waals surface area contributed by atoms with E-state index in [0.717, 1.165) is 12.3 Å². The van der Waals surface area contributed by atoms with Gasteiger partial charge in [-0.2, -0.15) is 0 Å². The lowest BCUT2D eigenvalue weighted by Gasteiger charge is -2.21. The Kier molecular flexibility index (Phi) is 5.54. The molecule has 1 aliphatic carbocycles. The van der Waals surface area contributed by atoms with Crippen LogP contribution in [0.15, 0.2) is 24.3 Å². The molecule has 0 aliphatic heterocycles. The molecule has 104 valence electrons. The van der Waals surface area contributed by atoms with Crippen molar-refractivity contribution in [3.63, 3.8) is 0 Å². The Bertz CT molecular complexity index is 377. The van der Waals surface area contributed by atoms with Crippen molar-refractivity contribution in [1.29, 1.82) is 0 Å². The van der Waals surface area contributed by atoms with Gasteiger partial charge in [0.15, 0.2) is 0 Å². The molecular weight excluding hydrogens is 243 g/mol. The molecule has 1 fully saturated rings. The summed E-state index contributed by atoms with van der Waals surface area (Å²) in [4.78, 5) is 0. The number of rotatable bonds is 6. The summed E-state index contributed by atoms with van der Waals surface area (Å²) >= 11 is 0. The van der Waals surface area contributed by atoms with Crippen LogP contribution in [0, 0.1) is 5.92 Å². The molecule has 0 saturated heterocycles. The lowest BCUT2D eigenvalue weighted by atomic mass is 9.87. The Morgan fingerprint density at radius 3 is 2.58 bits per heavy atom. The van der Waals surface area contributed by atoms with Crippen LogP contribution in [0.5, 0.6) is 11.5 Å². The highest BCUT2D eigenvalue weighted by Gasteiger charge is 2.14. The molecule has 1 aromatic rings. The van der Waals surface area contributed by atoms with Gasteiger partial charge in [-0.15, -0.1) is 0 Å². The number of benzene rings is 1. The predicted octanol–water partition coefficient (Wildman–Crippen LogP) is 2.38. The summed E-state index contributed by atoms with van der Waals surface area (Å²) in [6.45, 7) is 0.704. The second-order valence-corrected chi connectivity index (χ2v) is 5.06. The van der Waals surface area contributed by atoms with Gasteiger partial charge in [0, 0.05) is 6.07 Å². The van der Waals surface area contributed by atoms with Crippen molar-refractivity contribution in [2.75, 3.05) is 6.61 Å². The van der Waals surface area contributed by atoms with Gasteiger partial charge < -0.3 is 19.4 Å². The fourth-order valence-corrected chi connectivity index (χ4v) is 2.58. The molecule has 0 radical (unpaired) electrons. The summed E-state index contributed by atoms with van der Waals surface area (Å²) in [7, 11) is -1.79. The van der Waals surface area contributed by atoms with Gasteiger partial charge in [0.05, 0.1) is 6.61 Å². The zero-order valence-corrected chi connectivity index (χ0v) is 11.1. The molecule has 5 heteroatoms. The molecule has 0 atom stereocenters. The minimum absolute atomic E-state index is 0.394. The maximum atomic E-state index is 8.74. The van der Waals surface area contributed by atoms with Crippen LogP contribution in [0.3, 0.4) is 0 Å². The predicted molar refractivity (Wildman–Crippen MR) is 73.9 cm³/mol. The second kappa shape index (κ2) is 7.41. The quantitative estimate of drug-likeness (QED) is 0.774. The maximum Gasteiger partial charge on any atom is 0.707 e. The molecule has 0 bridgehead atoms. The highest BCUT2D eigenvalue weighted by Crippen LogP contribution is 2.27. The van der Waals surface area contributed by atoms with Crippen molar-refractivity contribution < 1.29 is 19.4 Å². The SMILES string of the molecule is OB(O)Oc1cccc(OCCC2CCCCC2)c1. The molecule has 2 rings (SSSR count). The first-order valence-electron chi connectivity index (χ1n) is 7.00. The molecule has 1 aromatic carbocycles. The standard InChI is InChI=1S/C14H21BO4/c16-15(17)19-14-8-4-7-13(11-14)18-10-9-12-5-2-1-3-6-12/h4,7-8,11-12,16-17H,1-3,5-6,9-10H2. The minimum atomic E-state index is -1.79. The van der Waals surface area contributed by atoms with Crippen LogP contribution < -0.4 is 9.39 Å². The topological polar surface area (TPSA) is 58.9 Å². The molecule has 2 N–H and O–H groups in total. The molecule has 0 amide bonds. The summed E-state index contributed by atoms with van der Waals surface area (Å²) in [5.74, 6) is 1.89. The van der Waals surface area contributed by atoms with E-state index in [2.05, 4.69) is 0 Å². The second-order valence-electron chi connectivity index (χ2n) is 5.06. The molecule has 1 aliphatic rings. The van der Waals surface area contributed by atoms with Crippen LogP contribution in [0.25, 0.3) is 0 Å². The van der Waals surface area contributed by atoms with Gasteiger partial charge in [-0.25, -0.2) is 0 Å². The van der Waals surface area contributed by atoms with E-state index in [1.54, 1.807) is 18.2 Å². The van der Waals surface area contributed by atoms with Crippen LogP contribution in [-0.2, 0) is 0 Å². The molecule has 1 saturated carbocycles. The molecule has 0 unspecified atom stereocenters. The smallest absolute Gasteiger partial charge is 0.512 e. The third-order valence-electron chi connectivity index (χ3n) is 3.57. The van der Waals surface area contributed by atoms with Gasteiger partial charge in [-0.05, 0) is 24.5 Å². The highest BCUT2D eigenvalue weighted by molar-refractivity contribution is 6.33. The van der Waals surface area contributed by atoms with E-state index in [1.807, 2.05) is 6.07 Å². The fourth-order valence-electron chi connectivity index (χ4n) is 2.58. The number of hydrogen-bond donors (Lipinski definition) is 2. The Balaban J connectivity index is 1.75. The number of ether oxygens (including phenoxy) is 1. The first-order valence-corrected chi connectivity index (χ1v) is 7.00.